The van der Waals surface area contributed by atoms with Gasteiger partial charge in [-0.05, 0) is 110 Å². The second kappa shape index (κ2) is 20.4. The summed E-state index contributed by atoms with van der Waals surface area (Å²) in [4.78, 5) is 63.8. The Morgan fingerprint density at radius 1 is 0.914 bits per heavy atom. The van der Waals surface area contributed by atoms with Gasteiger partial charge in [0.1, 0.15) is 30.3 Å². The van der Waals surface area contributed by atoms with Crippen molar-refractivity contribution in [1.82, 2.24) is 35.7 Å². The number of fused-ring (bicyclic) bond motifs is 1. The summed E-state index contributed by atoms with van der Waals surface area (Å²) in [6.45, 7) is 8.90. The molecular formula is C49H57BrF2N11O6P. The molecule has 5 heterocycles. The van der Waals surface area contributed by atoms with Crippen LogP contribution < -0.4 is 52.0 Å². The molecule has 4 aliphatic rings. The molecule has 5 aromatic rings. The van der Waals surface area contributed by atoms with Gasteiger partial charge in [-0.15, -0.1) is 0 Å². The van der Waals surface area contributed by atoms with Crippen molar-refractivity contribution in [3.8, 4) is 5.75 Å². The first-order chi connectivity index (χ1) is 33.6. The number of ether oxygens (including phenoxy) is 1. The van der Waals surface area contributed by atoms with E-state index in [2.05, 4.69) is 70.5 Å². The number of amides is 3. The van der Waals surface area contributed by atoms with Gasteiger partial charge in [0, 0.05) is 91.6 Å². The standard InChI is InChI=1S/C49H57BrF2N11O6P/c1-5-27-20-39(58-49-55-25-35(50)45(60-49)57-38-10-8-32-34(44(38)70(3,4)68)24-56-63(48(32)67)30-6-7-30)41(69-2)23-40(27)61-18-13-29(14-19-61)53-15-16-54-46(65)28-12-17-62(26-28)31-21-36(51)43(37(52)22-31)33-9-11-42(64)59-47(33)66/h8,10,20-25,28-30,33,53H,5-7,9,11-19,26H2,1-4H3,(H,54,65)(H,59,64,66)(H2,55,57,58,60)/t28-,33-/m1/s1. The highest BCUT2D eigenvalue weighted by molar-refractivity contribution is 9.10. The average Bonchev–Trinajstić information content (AvgIpc) is 4.05. The van der Waals surface area contributed by atoms with Crippen molar-refractivity contribution < 1.29 is 32.5 Å². The molecule has 0 bridgehead atoms. The smallest absolute Gasteiger partial charge is 0.274 e. The number of carbonyl (C=O) groups is 3. The van der Waals surface area contributed by atoms with Gasteiger partial charge in [0.15, 0.2) is 0 Å². The van der Waals surface area contributed by atoms with Crippen LogP contribution in [0.15, 0.2) is 58.1 Å². The number of halogens is 3. The number of carbonyl (C=O) groups excluding carboxylic acids is 3. The average molecular weight is 1040 g/mol. The number of benzene rings is 3. The highest BCUT2D eigenvalue weighted by Gasteiger charge is 2.35. The largest absolute Gasteiger partial charge is 0.494 e. The third kappa shape index (κ3) is 10.4. The zero-order valence-corrected chi connectivity index (χ0v) is 42.0. The molecule has 0 radical (unpaired) electrons. The number of methoxy groups -OCH3 is 1. The van der Waals surface area contributed by atoms with Gasteiger partial charge < -0.3 is 40.4 Å². The van der Waals surface area contributed by atoms with Crippen LogP contribution in [0.25, 0.3) is 10.8 Å². The SMILES string of the molecule is CCc1cc(Nc2ncc(Br)c(Nc3ccc4c(=O)n(C5CC5)ncc4c3P(C)(C)=O)n2)c(OC)cc1N1CCC(NCCNC(=O)[C@@H]2CCN(c3cc(F)c([C@H]4CCC(=O)NC4=O)c(F)c3)C2)CC1. The maximum atomic E-state index is 15.2. The molecule has 1 aliphatic carbocycles. The van der Waals surface area contributed by atoms with Crippen molar-refractivity contribution in [1.29, 1.82) is 0 Å². The number of piperidine rings is 2. The fourth-order valence-corrected chi connectivity index (χ4v) is 11.7. The Morgan fingerprint density at radius 2 is 1.66 bits per heavy atom. The lowest BCUT2D eigenvalue weighted by molar-refractivity contribution is -0.134. The van der Waals surface area contributed by atoms with Crippen LogP contribution in [0.2, 0.25) is 0 Å². The fourth-order valence-electron chi connectivity index (χ4n) is 9.90. The summed E-state index contributed by atoms with van der Waals surface area (Å²) in [6.07, 6.45) is 8.28. The maximum absolute atomic E-state index is 15.2. The van der Waals surface area contributed by atoms with Gasteiger partial charge in [-0.2, -0.15) is 10.1 Å². The minimum absolute atomic E-state index is 0.0163. The molecule has 3 saturated heterocycles. The first-order valence-corrected chi connectivity index (χ1v) is 27.2. The molecule has 370 valence electrons. The van der Waals surface area contributed by atoms with Crippen molar-refractivity contribution >= 4 is 91.4 Å². The van der Waals surface area contributed by atoms with Crippen LogP contribution in [0.5, 0.6) is 5.75 Å². The number of aromatic nitrogens is 4. The Kier molecular flexibility index (Phi) is 14.3. The van der Waals surface area contributed by atoms with E-state index in [1.54, 1.807) is 49.9 Å². The predicted octanol–water partition coefficient (Wildman–Crippen LogP) is 6.59. The summed E-state index contributed by atoms with van der Waals surface area (Å²) < 4.78 is 52.2. The molecule has 17 nitrogen and oxygen atoms in total. The quantitative estimate of drug-likeness (QED) is 0.0402. The first kappa shape index (κ1) is 49.0. The summed E-state index contributed by atoms with van der Waals surface area (Å²) in [5.74, 6) is -2.99. The fraction of sp³-hybridized carbons (Fsp3) is 0.449. The number of rotatable bonds is 16. The Hall–Kier alpha value is -5.98. The van der Waals surface area contributed by atoms with E-state index >= 15 is 8.78 Å². The van der Waals surface area contributed by atoms with Crippen LogP contribution in [0.3, 0.4) is 0 Å². The van der Waals surface area contributed by atoms with Gasteiger partial charge in [-0.3, -0.25) is 24.5 Å². The number of anilines is 6. The third-order valence-corrected chi connectivity index (χ3v) is 15.8. The van der Waals surface area contributed by atoms with Crippen molar-refractivity contribution in [2.24, 2.45) is 5.92 Å². The van der Waals surface area contributed by atoms with E-state index in [9.17, 15) is 23.7 Å². The van der Waals surface area contributed by atoms with Gasteiger partial charge in [0.25, 0.3) is 5.56 Å². The number of imide groups is 1. The van der Waals surface area contributed by atoms with Gasteiger partial charge in [-0.1, -0.05) is 6.92 Å². The van der Waals surface area contributed by atoms with Crippen LogP contribution in [-0.4, -0.2) is 103 Å². The molecule has 3 aliphatic heterocycles. The lowest BCUT2D eigenvalue weighted by Crippen LogP contribution is -2.45. The normalized spacial score (nSPS) is 18.8. The van der Waals surface area contributed by atoms with Crippen molar-refractivity contribution in [3.63, 3.8) is 0 Å². The molecule has 0 unspecified atom stereocenters. The molecule has 1 saturated carbocycles. The molecule has 4 fully saturated rings. The van der Waals surface area contributed by atoms with E-state index in [0.717, 1.165) is 56.4 Å². The van der Waals surface area contributed by atoms with Crippen LogP contribution in [0, 0.1) is 17.6 Å². The zero-order valence-electron chi connectivity index (χ0n) is 39.5. The summed E-state index contributed by atoms with van der Waals surface area (Å²) in [5, 5.41) is 21.5. The predicted molar refractivity (Wildman–Crippen MR) is 270 cm³/mol. The number of aryl methyl sites for hydroxylation is 1. The van der Waals surface area contributed by atoms with Crippen LogP contribution in [0.4, 0.5) is 43.3 Å². The highest BCUT2D eigenvalue weighted by Crippen LogP contribution is 2.43. The number of hydrogen-bond donors (Lipinski definition) is 5. The zero-order chi connectivity index (χ0) is 49.4. The number of hydrogen-bond acceptors (Lipinski definition) is 14. The lowest BCUT2D eigenvalue weighted by Gasteiger charge is -2.35. The summed E-state index contributed by atoms with van der Waals surface area (Å²) in [6, 6.07) is 10.4. The second-order valence-corrected chi connectivity index (χ2v) is 22.8. The lowest BCUT2D eigenvalue weighted by atomic mass is 9.89. The van der Waals surface area contributed by atoms with Gasteiger partial charge in [-0.25, -0.2) is 18.4 Å². The molecule has 2 aromatic heterocycles. The molecule has 2 atom stereocenters. The minimum Gasteiger partial charge on any atom is -0.494 e. The Bertz CT molecular complexity index is 2960. The van der Waals surface area contributed by atoms with E-state index in [0.29, 0.717) is 87.7 Å². The van der Waals surface area contributed by atoms with Gasteiger partial charge in [0.05, 0.1) is 52.4 Å². The van der Waals surface area contributed by atoms with Crippen molar-refractivity contribution in [3.05, 3.63) is 86.4 Å². The van der Waals surface area contributed by atoms with E-state index < -0.39 is 36.5 Å². The molecule has 3 aromatic carbocycles. The number of nitrogens with zero attached hydrogens (tertiary/aromatic N) is 6. The summed E-state index contributed by atoms with van der Waals surface area (Å²) in [5.41, 5.74) is 3.25. The highest BCUT2D eigenvalue weighted by atomic mass is 79.9. The molecule has 0 spiro atoms. The van der Waals surface area contributed by atoms with Crippen molar-refractivity contribution in [2.45, 2.75) is 76.3 Å². The molecule has 5 N–H and O–H groups in total. The summed E-state index contributed by atoms with van der Waals surface area (Å²) >= 11 is 3.58. The van der Waals surface area contributed by atoms with E-state index in [-0.39, 0.29) is 47.9 Å². The second-order valence-electron chi connectivity index (χ2n) is 18.8. The van der Waals surface area contributed by atoms with E-state index in [1.165, 1.54) is 16.8 Å². The van der Waals surface area contributed by atoms with Crippen LogP contribution in [0.1, 0.15) is 75.0 Å². The summed E-state index contributed by atoms with van der Waals surface area (Å²) in [7, 11) is -1.30. The van der Waals surface area contributed by atoms with E-state index in [4.69, 9.17) is 9.72 Å². The van der Waals surface area contributed by atoms with Crippen LogP contribution in [-0.2, 0) is 25.4 Å². The van der Waals surface area contributed by atoms with Gasteiger partial charge in [0.2, 0.25) is 23.7 Å². The molecule has 9 rings (SSSR count). The van der Waals surface area contributed by atoms with E-state index in [1.807, 2.05) is 6.07 Å². The molecule has 70 heavy (non-hydrogen) atoms. The monoisotopic (exact) mass is 1040 g/mol. The Morgan fingerprint density at radius 3 is 2.34 bits per heavy atom. The molecule has 21 heteroatoms. The van der Waals surface area contributed by atoms with Crippen molar-refractivity contribution in [2.75, 3.05) is 80.1 Å². The minimum atomic E-state index is -2.92. The third-order valence-electron chi connectivity index (χ3n) is 13.7. The Labute approximate surface area is 412 Å². The van der Waals surface area contributed by atoms with Gasteiger partial charge >= 0.3 is 0 Å². The molecule has 3 amide bonds. The van der Waals surface area contributed by atoms with Crippen LogP contribution >= 0.6 is 23.1 Å². The topological polar surface area (TPSA) is 205 Å². The number of nitrogens with one attached hydrogen (secondary N) is 5. The first-order valence-electron chi connectivity index (χ1n) is 23.8. The maximum Gasteiger partial charge on any atom is 0.274 e. The molecular weight excluding hydrogens is 987 g/mol. The Balaban J connectivity index is 0.776.